The second kappa shape index (κ2) is 7.38. The highest BCUT2D eigenvalue weighted by atomic mass is 127. The summed E-state index contributed by atoms with van der Waals surface area (Å²) in [7, 11) is 0.442. The van der Waals surface area contributed by atoms with Gasteiger partial charge in [-0.3, -0.25) is 0 Å². The molecule has 0 amide bonds. The van der Waals surface area contributed by atoms with Gasteiger partial charge in [-0.05, 0) is 38.1 Å². The summed E-state index contributed by atoms with van der Waals surface area (Å²) < 4.78 is 86.7. The Morgan fingerprint density at radius 3 is 1.73 bits per heavy atom. The Morgan fingerprint density at radius 1 is 0.769 bits per heavy atom. The molecule has 0 spiro atoms. The van der Waals surface area contributed by atoms with Crippen molar-refractivity contribution in [3.8, 4) is 0 Å². The highest BCUT2D eigenvalue weighted by molar-refractivity contribution is 5.31. The van der Waals surface area contributed by atoms with Crippen LogP contribution in [0.25, 0.3) is 0 Å². The van der Waals surface area contributed by atoms with Gasteiger partial charge in [0.15, 0.2) is 3.57 Å². The van der Waals surface area contributed by atoms with Crippen LogP contribution in [0.5, 0.6) is 0 Å². The zero-order valence-corrected chi connectivity index (χ0v) is 16.3. The van der Waals surface area contributed by atoms with Crippen molar-refractivity contribution in [3.63, 3.8) is 0 Å². The van der Waals surface area contributed by atoms with Gasteiger partial charge in [-0.1, -0.05) is 29.3 Å². The number of methoxy groups -OCH3 is 1. The largest absolute Gasteiger partial charge is 0.431 e. The number of alkyl halides is 6. The summed E-state index contributed by atoms with van der Waals surface area (Å²) in [5, 5.41) is 0. The fraction of sp³-hybridized carbons (Fsp3) is 0.333. The summed E-state index contributed by atoms with van der Waals surface area (Å²) in [6, 6.07) is 10.8. The third-order valence-electron chi connectivity index (χ3n) is 3.83. The summed E-state index contributed by atoms with van der Waals surface area (Å²) in [6.07, 6.45) is -11.3. The maximum atomic E-state index is 13.6. The van der Waals surface area contributed by atoms with Crippen LogP contribution in [-0.4, -0.2) is 19.5 Å². The zero-order chi connectivity index (χ0) is 19.8. The topological polar surface area (TPSA) is 9.23 Å². The third-order valence-corrected chi connectivity index (χ3v) is 6.69. The van der Waals surface area contributed by atoms with Crippen molar-refractivity contribution >= 4 is 0 Å². The SMILES string of the molecule is COC(c1cc(C)ccc1[I+]c1ccc(C)cc1)(C(F)(F)F)C(F)(F)F. The summed E-state index contributed by atoms with van der Waals surface area (Å²) >= 11 is -1.27. The van der Waals surface area contributed by atoms with Gasteiger partial charge in [0.25, 0.3) is 5.60 Å². The Hall–Kier alpha value is -1.29. The first-order valence-corrected chi connectivity index (χ1v) is 9.59. The molecule has 142 valence electrons. The van der Waals surface area contributed by atoms with Gasteiger partial charge in [0.1, 0.15) is 0 Å². The lowest BCUT2D eigenvalue weighted by Crippen LogP contribution is -3.61. The molecule has 8 heteroatoms. The van der Waals surface area contributed by atoms with E-state index >= 15 is 0 Å². The zero-order valence-electron chi connectivity index (χ0n) is 14.1. The average molecular weight is 489 g/mol. The van der Waals surface area contributed by atoms with Gasteiger partial charge in [-0.15, -0.1) is 0 Å². The minimum absolute atomic E-state index is 0.0229. The molecule has 0 N–H and O–H groups in total. The first kappa shape index (κ1) is 21.0. The quantitative estimate of drug-likeness (QED) is 0.474. The lowest BCUT2D eigenvalue weighted by molar-refractivity contribution is -0.600. The van der Waals surface area contributed by atoms with Crippen LogP contribution in [0.15, 0.2) is 42.5 Å². The maximum Gasteiger partial charge on any atom is 0.431 e. The van der Waals surface area contributed by atoms with Crippen LogP contribution in [0.3, 0.4) is 0 Å². The van der Waals surface area contributed by atoms with E-state index in [1.807, 2.05) is 6.92 Å². The molecule has 0 atom stereocenters. The number of aryl methyl sites for hydroxylation is 2. The first-order chi connectivity index (χ1) is 11.9. The highest BCUT2D eigenvalue weighted by Gasteiger charge is 2.74. The number of hydrogen-bond donors (Lipinski definition) is 0. The first-order valence-electron chi connectivity index (χ1n) is 7.43. The number of benzene rings is 2. The molecule has 0 unspecified atom stereocenters. The van der Waals surface area contributed by atoms with E-state index in [1.165, 1.54) is 19.1 Å². The van der Waals surface area contributed by atoms with Gasteiger partial charge in [0.2, 0.25) is 3.57 Å². The van der Waals surface area contributed by atoms with E-state index in [2.05, 4.69) is 4.74 Å². The summed E-state index contributed by atoms with van der Waals surface area (Å²) in [4.78, 5) is 0. The molecular weight excluding hydrogens is 473 g/mol. The maximum absolute atomic E-state index is 13.6. The van der Waals surface area contributed by atoms with Crippen molar-refractivity contribution in [3.05, 3.63) is 66.3 Å². The molecule has 2 rings (SSSR count). The molecule has 0 aliphatic heterocycles. The molecule has 0 saturated heterocycles. The van der Waals surface area contributed by atoms with E-state index in [4.69, 9.17) is 0 Å². The number of ether oxygens (including phenoxy) is 1. The smallest absolute Gasteiger partial charge is 0.357 e. The molecule has 0 bridgehead atoms. The highest BCUT2D eigenvalue weighted by Crippen LogP contribution is 2.52. The fourth-order valence-electron chi connectivity index (χ4n) is 2.51. The normalized spacial score (nSPS) is 13.1. The van der Waals surface area contributed by atoms with Gasteiger partial charge in [-0.2, -0.15) is 26.3 Å². The van der Waals surface area contributed by atoms with Crippen molar-refractivity contribution in [1.29, 1.82) is 0 Å². The molecule has 26 heavy (non-hydrogen) atoms. The van der Waals surface area contributed by atoms with Crippen LogP contribution in [0.2, 0.25) is 0 Å². The molecule has 0 aromatic heterocycles. The Bertz CT molecular complexity index is 751. The molecular formula is C18H16F6IO+. The van der Waals surface area contributed by atoms with E-state index in [0.29, 0.717) is 16.2 Å². The van der Waals surface area contributed by atoms with Crippen molar-refractivity contribution in [1.82, 2.24) is 0 Å². The minimum Gasteiger partial charge on any atom is -0.357 e. The van der Waals surface area contributed by atoms with Gasteiger partial charge in [-0.25, -0.2) is 0 Å². The Morgan fingerprint density at radius 2 is 1.27 bits per heavy atom. The second-order valence-electron chi connectivity index (χ2n) is 5.75. The standard InChI is InChI=1S/C18H16F6IO/c1-11-4-7-13(8-5-11)25-15-9-6-12(2)10-14(15)16(26-3,17(19,20)21)18(22,23)24/h4-10H,1-3H3/q+1. The van der Waals surface area contributed by atoms with Crippen LogP contribution in [0, 0.1) is 21.0 Å². The average Bonchev–Trinajstić information content (AvgIpc) is 2.50. The Balaban J connectivity index is 2.69. The van der Waals surface area contributed by atoms with Crippen LogP contribution >= 0.6 is 0 Å². The molecule has 0 aliphatic carbocycles. The number of hydrogen-bond acceptors (Lipinski definition) is 1. The van der Waals surface area contributed by atoms with Crippen LogP contribution in [0.4, 0.5) is 26.3 Å². The minimum atomic E-state index is -5.65. The van der Waals surface area contributed by atoms with Crippen molar-refractivity contribution in [2.45, 2.75) is 31.8 Å². The predicted octanol–water partition coefficient (Wildman–Crippen LogP) is 2.40. The number of rotatable bonds is 4. The van der Waals surface area contributed by atoms with Crippen LogP contribution in [0.1, 0.15) is 16.7 Å². The van der Waals surface area contributed by atoms with Gasteiger partial charge in [0.05, 0.1) is 5.56 Å². The van der Waals surface area contributed by atoms with Gasteiger partial charge >= 0.3 is 33.6 Å². The predicted molar refractivity (Wildman–Crippen MR) is 80.5 cm³/mol. The van der Waals surface area contributed by atoms with Gasteiger partial charge < -0.3 is 4.74 Å². The second-order valence-corrected chi connectivity index (χ2v) is 8.70. The Kier molecular flexibility index (Phi) is 5.96. The molecule has 0 aliphatic rings. The van der Waals surface area contributed by atoms with Crippen molar-refractivity contribution in [2.75, 3.05) is 7.11 Å². The fourth-order valence-corrected chi connectivity index (χ4v) is 5.09. The molecule has 2 aromatic rings. The van der Waals surface area contributed by atoms with Gasteiger partial charge in [0, 0.05) is 7.11 Å². The van der Waals surface area contributed by atoms with Crippen molar-refractivity contribution in [2.24, 2.45) is 0 Å². The van der Waals surface area contributed by atoms with E-state index in [1.54, 1.807) is 24.3 Å². The van der Waals surface area contributed by atoms with E-state index in [-0.39, 0.29) is 3.57 Å². The molecule has 0 radical (unpaired) electrons. The van der Waals surface area contributed by atoms with Crippen LogP contribution < -0.4 is 21.2 Å². The molecule has 0 saturated carbocycles. The summed E-state index contributed by atoms with van der Waals surface area (Å²) in [5.41, 5.74) is -3.98. The monoisotopic (exact) mass is 489 g/mol. The summed E-state index contributed by atoms with van der Waals surface area (Å²) in [6.45, 7) is 3.30. The summed E-state index contributed by atoms with van der Waals surface area (Å²) in [5.74, 6) is 0. The lowest BCUT2D eigenvalue weighted by Gasteiger charge is -2.36. The number of halogens is 7. The molecule has 1 nitrogen and oxygen atoms in total. The molecule has 2 aromatic carbocycles. The van der Waals surface area contributed by atoms with E-state index in [0.717, 1.165) is 11.6 Å². The third kappa shape index (κ3) is 3.85. The van der Waals surface area contributed by atoms with E-state index in [9.17, 15) is 26.3 Å². The molecule has 0 fully saturated rings. The molecule has 0 heterocycles. The Labute approximate surface area is 157 Å². The van der Waals surface area contributed by atoms with Crippen LogP contribution in [-0.2, 0) is 10.3 Å². The lowest BCUT2D eigenvalue weighted by atomic mass is 9.91. The van der Waals surface area contributed by atoms with Crippen molar-refractivity contribution < 1.29 is 52.3 Å². The van der Waals surface area contributed by atoms with E-state index < -0.39 is 44.7 Å².